The summed E-state index contributed by atoms with van der Waals surface area (Å²) in [5.74, 6) is -0.0233. The van der Waals surface area contributed by atoms with E-state index >= 15 is 0 Å². The lowest BCUT2D eigenvalue weighted by atomic mass is 9.96. The number of rotatable bonds is 7. The second kappa shape index (κ2) is 9.39. The van der Waals surface area contributed by atoms with Crippen molar-refractivity contribution in [2.24, 2.45) is 5.92 Å². The Hall–Kier alpha value is -2.33. The highest BCUT2D eigenvalue weighted by atomic mass is 35.5. The minimum Gasteiger partial charge on any atom is -0.352 e. The molecule has 2 N–H and O–H groups in total. The molecule has 0 saturated heterocycles. The lowest BCUT2D eigenvalue weighted by molar-refractivity contribution is -0.122. The zero-order valence-corrected chi connectivity index (χ0v) is 16.1. The first-order valence-electron chi connectivity index (χ1n) is 8.76. The lowest BCUT2D eigenvalue weighted by Gasteiger charge is -2.23. The highest BCUT2D eigenvalue weighted by Gasteiger charge is 2.18. The van der Waals surface area contributed by atoms with Crippen LogP contribution < -0.4 is 10.6 Å². The average Bonchev–Trinajstić information content (AvgIpc) is 2.60. The zero-order valence-electron chi connectivity index (χ0n) is 15.4. The maximum atomic E-state index is 12.3. The maximum absolute atomic E-state index is 12.3. The Morgan fingerprint density at radius 2 is 1.77 bits per heavy atom. The Morgan fingerprint density at radius 3 is 2.38 bits per heavy atom. The van der Waals surface area contributed by atoms with E-state index in [1.807, 2.05) is 49.4 Å². The molecule has 2 rings (SSSR count). The first-order chi connectivity index (χ1) is 12.4. The Balaban J connectivity index is 1.86. The molecule has 0 saturated carbocycles. The highest BCUT2D eigenvalue weighted by Crippen LogP contribution is 2.23. The molecule has 138 valence electrons. The summed E-state index contributed by atoms with van der Waals surface area (Å²) in [6.45, 7) is 6.34. The monoisotopic (exact) mass is 372 g/mol. The minimum atomic E-state index is -0.167. The summed E-state index contributed by atoms with van der Waals surface area (Å²) in [4.78, 5) is 24.4. The number of halogens is 1. The molecule has 0 aromatic heterocycles. The van der Waals surface area contributed by atoms with E-state index in [0.29, 0.717) is 17.1 Å². The van der Waals surface area contributed by atoms with Crippen molar-refractivity contribution in [1.29, 1.82) is 0 Å². The van der Waals surface area contributed by atoms with Gasteiger partial charge in [-0.2, -0.15) is 0 Å². The number of benzene rings is 2. The molecule has 0 aliphatic carbocycles. The number of aryl methyl sites for hydroxylation is 1. The van der Waals surface area contributed by atoms with Crippen LogP contribution in [0.3, 0.4) is 0 Å². The first kappa shape index (κ1) is 20.0. The van der Waals surface area contributed by atoms with Crippen molar-refractivity contribution in [1.82, 2.24) is 10.6 Å². The van der Waals surface area contributed by atoms with Gasteiger partial charge < -0.3 is 10.6 Å². The van der Waals surface area contributed by atoms with Gasteiger partial charge in [0, 0.05) is 23.6 Å². The second-order valence-electron chi connectivity index (χ2n) is 6.72. The lowest BCUT2D eigenvalue weighted by Crippen LogP contribution is -2.34. The van der Waals surface area contributed by atoms with Crippen LogP contribution in [0.5, 0.6) is 0 Å². The van der Waals surface area contributed by atoms with Crippen molar-refractivity contribution in [2.45, 2.75) is 33.2 Å². The molecule has 2 aromatic rings. The average molecular weight is 373 g/mol. The van der Waals surface area contributed by atoms with Gasteiger partial charge in [-0.3, -0.25) is 9.59 Å². The minimum absolute atomic E-state index is 0.0905. The third kappa shape index (κ3) is 5.88. The van der Waals surface area contributed by atoms with Crippen molar-refractivity contribution >= 4 is 23.4 Å². The molecule has 0 aliphatic heterocycles. The van der Waals surface area contributed by atoms with E-state index < -0.39 is 0 Å². The van der Waals surface area contributed by atoms with Crippen LogP contribution >= 0.6 is 11.6 Å². The molecular formula is C21H25ClN2O2. The first-order valence-corrected chi connectivity index (χ1v) is 9.14. The van der Waals surface area contributed by atoms with E-state index in [9.17, 15) is 9.59 Å². The Labute approximate surface area is 159 Å². The van der Waals surface area contributed by atoms with Gasteiger partial charge in [-0.05, 0) is 42.7 Å². The van der Waals surface area contributed by atoms with E-state index in [2.05, 4.69) is 24.5 Å². The van der Waals surface area contributed by atoms with Crippen LogP contribution in [0.2, 0.25) is 5.02 Å². The highest BCUT2D eigenvalue weighted by molar-refractivity contribution is 6.30. The standard InChI is InChI=1S/C21H25ClN2O2/c1-14(2)20(16-7-9-18(22)10-8-16)24-19(25)11-12-23-21(26)17-6-4-5-15(3)13-17/h4-10,13-14,20H,11-12H2,1-3H3,(H,23,26)(H,24,25). The molecule has 5 heteroatoms. The van der Waals surface area contributed by atoms with Crippen molar-refractivity contribution in [3.8, 4) is 0 Å². The summed E-state index contributed by atoms with van der Waals surface area (Å²) < 4.78 is 0. The molecule has 0 bridgehead atoms. The van der Waals surface area contributed by atoms with Gasteiger partial charge in [0.05, 0.1) is 6.04 Å². The molecule has 0 spiro atoms. The molecule has 2 amide bonds. The van der Waals surface area contributed by atoms with Crippen LogP contribution in [0.25, 0.3) is 0 Å². The number of amides is 2. The van der Waals surface area contributed by atoms with Crippen molar-refractivity contribution in [3.63, 3.8) is 0 Å². The molecule has 0 aliphatic rings. The summed E-state index contributed by atoms with van der Waals surface area (Å²) in [7, 11) is 0. The molecule has 0 fully saturated rings. The van der Waals surface area contributed by atoms with Gasteiger partial charge in [0.2, 0.25) is 5.91 Å². The zero-order chi connectivity index (χ0) is 19.1. The van der Waals surface area contributed by atoms with Crippen molar-refractivity contribution in [2.75, 3.05) is 6.54 Å². The number of nitrogens with one attached hydrogen (secondary N) is 2. The van der Waals surface area contributed by atoms with Crippen molar-refractivity contribution in [3.05, 3.63) is 70.2 Å². The summed E-state index contributed by atoms with van der Waals surface area (Å²) in [6, 6.07) is 14.8. The molecule has 1 unspecified atom stereocenters. The third-order valence-electron chi connectivity index (χ3n) is 4.13. The molecule has 26 heavy (non-hydrogen) atoms. The fourth-order valence-corrected chi connectivity index (χ4v) is 2.85. The summed E-state index contributed by atoms with van der Waals surface area (Å²) in [6.07, 6.45) is 0.231. The topological polar surface area (TPSA) is 58.2 Å². The predicted octanol–water partition coefficient (Wildman–Crippen LogP) is 4.28. The summed E-state index contributed by atoms with van der Waals surface area (Å²) in [5.41, 5.74) is 2.64. The molecule has 1 atom stereocenters. The van der Waals surface area contributed by atoms with Crippen LogP contribution in [0.1, 0.15) is 47.8 Å². The normalized spacial score (nSPS) is 11.9. The van der Waals surface area contributed by atoms with Gasteiger partial charge in [-0.1, -0.05) is 55.3 Å². The largest absolute Gasteiger partial charge is 0.352 e. The Morgan fingerprint density at radius 1 is 1.08 bits per heavy atom. The van der Waals surface area contributed by atoms with Gasteiger partial charge in [-0.25, -0.2) is 0 Å². The molecular weight excluding hydrogens is 348 g/mol. The van der Waals surface area contributed by atoms with Gasteiger partial charge >= 0.3 is 0 Å². The van der Waals surface area contributed by atoms with Crippen LogP contribution in [-0.2, 0) is 4.79 Å². The third-order valence-corrected chi connectivity index (χ3v) is 4.38. The van der Waals surface area contributed by atoms with Crippen LogP contribution in [0.15, 0.2) is 48.5 Å². The fourth-order valence-electron chi connectivity index (χ4n) is 2.73. The van der Waals surface area contributed by atoms with Gasteiger partial charge in [0.25, 0.3) is 5.91 Å². The smallest absolute Gasteiger partial charge is 0.251 e. The van der Waals surface area contributed by atoms with Gasteiger partial charge in [0.15, 0.2) is 0 Å². The van der Waals surface area contributed by atoms with Crippen LogP contribution in [0.4, 0.5) is 0 Å². The molecule has 0 radical (unpaired) electrons. The van der Waals surface area contributed by atoms with E-state index in [4.69, 9.17) is 11.6 Å². The second-order valence-corrected chi connectivity index (χ2v) is 7.15. The Kier molecular flexibility index (Phi) is 7.22. The van der Waals surface area contributed by atoms with Gasteiger partial charge in [0.1, 0.15) is 0 Å². The Bertz CT molecular complexity index is 757. The predicted molar refractivity (Wildman–Crippen MR) is 105 cm³/mol. The quantitative estimate of drug-likeness (QED) is 0.762. The molecule has 4 nitrogen and oxygen atoms in total. The summed E-state index contributed by atoms with van der Waals surface area (Å²) in [5, 5.41) is 6.50. The van der Waals surface area contributed by atoms with Crippen molar-refractivity contribution < 1.29 is 9.59 Å². The molecule has 2 aromatic carbocycles. The van der Waals surface area contributed by atoms with Crippen LogP contribution in [-0.4, -0.2) is 18.4 Å². The van der Waals surface area contributed by atoms with E-state index in [1.54, 1.807) is 6.07 Å². The maximum Gasteiger partial charge on any atom is 0.251 e. The SMILES string of the molecule is Cc1cccc(C(=O)NCCC(=O)NC(c2ccc(Cl)cc2)C(C)C)c1. The fraction of sp³-hybridized carbons (Fsp3) is 0.333. The van der Waals surface area contributed by atoms with E-state index in [-0.39, 0.29) is 30.2 Å². The van der Waals surface area contributed by atoms with Crippen LogP contribution in [0, 0.1) is 12.8 Å². The number of hydrogen-bond donors (Lipinski definition) is 2. The van der Waals surface area contributed by atoms with E-state index in [1.165, 1.54) is 0 Å². The molecule has 0 heterocycles. The van der Waals surface area contributed by atoms with Gasteiger partial charge in [-0.15, -0.1) is 0 Å². The number of hydrogen-bond acceptors (Lipinski definition) is 2. The number of carbonyl (C=O) groups is 2. The summed E-state index contributed by atoms with van der Waals surface area (Å²) >= 11 is 5.93. The van der Waals surface area contributed by atoms with E-state index in [0.717, 1.165) is 11.1 Å². The number of carbonyl (C=O) groups excluding carboxylic acids is 2.